The third-order valence-corrected chi connectivity index (χ3v) is 6.03. The number of rotatable bonds is 6. The van der Waals surface area contributed by atoms with E-state index >= 15 is 0 Å². The van der Waals surface area contributed by atoms with E-state index in [2.05, 4.69) is 12.2 Å². The lowest BCUT2D eigenvalue weighted by molar-refractivity contribution is 0.102. The SMILES string of the molecule is CCCCc1ccc(NC(=O)c2ccc3c(c2)CCCN3S(C)(=O)=O)cc1. The molecule has 5 nitrogen and oxygen atoms in total. The van der Waals surface area contributed by atoms with Gasteiger partial charge in [-0.1, -0.05) is 25.5 Å². The predicted molar refractivity (Wildman–Crippen MR) is 110 cm³/mol. The molecule has 0 saturated heterocycles. The lowest BCUT2D eigenvalue weighted by atomic mass is 10.0. The van der Waals surface area contributed by atoms with Crippen LogP contribution in [0.25, 0.3) is 0 Å². The average molecular weight is 387 g/mol. The quantitative estimate of drug-likeness (QED) is 0.816. The molecule has 0 spiro atoms. The fourth-order valence-corrected chi connectivity index (χ4v) is 4.38. The van der Waals surface area contributed by atoms with Crippen molar-refractivity contribution in [2.24, 2.45) is 0 Å². The molecule has 144 valence electrons. The van der Waals surface area contributed by atoms with E-state index in [1.54, 1.807) is 18.2 Å². The van der Waals surface area contributed by atoms with E-state index in [0.717, 1.165) is 43.4 Å². The van der Waals surface area contributed by atoms with Crippen LogP contribution >= 0.6 is 0 Å². The summed E-state index contributed by atoms with van der Waals surface area (Å²) >= 11 is 0. The van der Waals surface area contributed by atoms with Crippen LogP contribution < -0.4 is 9.62 Å². The zero-order valence-corrected chi connectivity index (χ0v) is 16.7. The van der Waals surface area contributed by atoms with Gasteiger partial charge in [-0.3, -0.25) is 9.10 Å². The molecule has 1 aliphatic heterocycles. The molecule has 0 aromatic heterocycles. The largest absolute Gasteiger partial charge is 0.322 e. The van der Waals surface area contributed by atoms with Gasteiger partial charge in [-0.05, 0) is 67.1 Å². The fraction of sp³-hybridized carbons (Fsp3) is 0.381. The van der Waals surface area contributed by atoms with Crippen molar-refractivity contribution in [3.8, 4) is 0 Å². The monoisotopic (exact) mass is 386 g/mol. The number of unbranched alkanes of at least 4 members (excludes halogenated alkanes) is 1. The molecule has 0 saturated carbocycles. The average Bonchev–Trinajstić information content (AvgIpc) is 2.65. The molecule has 0 radical (unpaired) electrons. The Hall–Kier alpha value is -2.34. The zero-order valence-electron chi connectivity index (χ0n) is 15.9. The molecule has 3 rings (SSSR count). The number of carbonyl (C=O) groups excluding carboxylic acids is 1. The molecule has 27 heavy (non-hydrogen) atoms. The number of hydrogen-bond donors (Lipinski definition) is 1. The van der Waals surface area contributed by atoms with Crippen molar-refractivity contribution >= 4 is 27.3 Å². The van der Waals surface area contributed by atoms with E-state index in [-0.39, 0.29) is 5.91 Å². The lowest BCUT2D eigenvalue weighted by Gasteiger charge is -2.29. The molecule has 0 fully saturated rings. The second-order valence-electron chi connectivity index (χ2n) is 7.04. The molecule has 1 aliphatic rings. The third-order valence-electron chi connectivity index (χ3n) is 4.85. The van der Waals surface area contributed by atoms with E-state index < -0.39 is 10.0 Å². The van der Waals surface area contributed by atoms with Gasteiger partial charge < -0.3 is 5.32 Å². The highest BCUT2D eigenvalue weighted by Crippen LogP contribution is 2.30. The van der Waals surface area contributed by atoms with E-state index in [0.29, 0.717) is 17.8 Å². The van der Waals surface area contributed by atoms with Crippen LogP contribution in [0.3, 0.4) is 0 Å². The van der Waals surface area contributed by atoms with Crippen LogP contribution in [0.1, 0.15) is 47.7 Å². The summed E-state index contributed by atoms with van der Waals surface area (Å²) < 4.78 is 25.3. The topological polar surface area (TPSA) is 66.5 Å². The minimum Gasteiger partial charge on any atom is -0.322 e. The van der Waals surface area contributed by atoms with Crippen LogP contribution in [0.5, 0.6) is 0 Å². The molecule has 2 aromatic rings. The fourth-order valence-electron chi connectivity index (χ4n) is 3.39. The second kappa shape index (κ2) is 8.13. The maximum atomic E-state index is 12.6. The lowest BCUT2D eigenvalue weighted by Crippen LogP contribution is -2.34. The summed E-state index contributed by atoms with van der Waals surface area (Å²) in [4.78, 5) is 12.6. The third kappa shape index (κ3) is 4.69. The molecule has 0 aliphatic carbocycles. The van der Waals surface area contributed by atoms with E-state index in [1.165, 1.54) is 16.1 Å². The number of carbonyl (C=O) groups is 1. The molecule has 1 heterocycles. The minimum absolute atomic E-state index is 0.185. The van der Waals surface area contributed by atoms with Gasteiger partial charge in [0.2, 0.25) is 10.0 Å². The number of nitrogens with one attached hydrogen (secondary N) is 1. The van der Waals surface area contributed by atoms with Crippen LogP contribution in [-0.4, -0.2) is 27.1 Å². The first-order valence-electron chi connectivity index (χ1n) is 9.39. The van der Waals surface area contributed by atoms with Gasteiger partial charge in [0.15, 0.2) is 0 Å². The Bertz CT molecular complexity index is 921. The first kappa shape index (κ1) is 19.4. The number of fused-ring (bicyclic) bond motifs is 1. The van der Waals surface area contributed by atoms with Gasteiger partial charge in [0.1, 0.15) is 0 Å². The minimum atomic E-state index is -3.30. The summed E-state index contributed by atoms with van der Waals surface area (Å²) in [6, 6.07) is 13.2. The van der Waals surface area contributed by atoms with Gasteiger partial charge >= 0.3 is 0 Å². The molecular formula is C21H26N2O3S. The molecule has 0 atom stereocenters. The summed E-state index contributed by atoms with van der Waals surface area (Å²) in [5.41, 5.74) is 4.15. The van der Waals surface area contributed by atoms with Crippen LogP contribution in [0, 0.1) is 0 Å². The Labute approximate surface area is 161 Å². The van der Waals surface area contributed by atoms with Crippen molar-refractivity contribution in [1.29, 1.82) is 0 Å². The molecule has 0 unspecified atom stereocenters. The number of aryl methyl sites for hydroxylation is 2. The summed E-state index contributed by atoms with van der Waals surface area (Å²) in [5.74, 6) is -0.185. The molecule has 1 amide bonds. The Kier molecular flexibility index (Phi) is 5.85. The first-order valence-corrected chi connectivity index (χ1v) is 11.2. The highest BCUT2D eigenvalue weighted by Gasteiger charge is 2.24. The number of benzene rings is 2. The Balaban J connectivity index is 1.74. The Morgan fingerprint density at radius 2 is 1.89 bits per heavy atom. The Morgan fingerprint density at radius 1 is 1.15 bits per heavy atom. The maximum absolute atomic E-state index is 12.6. The maximum Gasteiger partial charge on any atom is 0.255 e. The highest BCUT2D eigenvalue weighted by molar-refractivity contribution is 7.92. The summed E-state index contributed by atoms with van der Waals surface area (Å²) in [6.07, 6.45) is 6.11. The van der Waals surface area contributed by atoms with Crippen molar-refractivity contribution < 1.29 is 13.2 Å². The number of hydrogen-bond acceptors (Lipinski definition) is 3. The molecular weight excluding hydrogens is 360 g/mol. The normalized spacial score (nSPS) is 13.9. The van der Waals surface area contributed by atoms with E-state index in [1.807, 2.05) is 24.3 Å². The van der Waals surface area contributed by atoms with Crippen molar-refractivity contribution in [3.63, 3.8) is 0 Å². The van der Waals surface area contributed by atoms with Crippen molar-refractivity contribution in [2.45, 2.75) is 39.0 Å². The zero-order chi connectivity index (χ0) is 19.4. The van der Waals surface area contributed by atoms with Gasteiger partial charge in [0.25, 0.3) is 5.91 Å². The van der Waals surface area contributed by atoms with E-state index in [9.17, 15) is 13.2 Å². The number of amides is 1. The number of sulfonamides is 1. The predicted octanol–water partition coefficient (Wildman–Crippen LogP) is 3.99. The second-order valence-corrected chi connectivity index (χ2v) is 8.94. The van der Waals surface area contributed by atoms with Crippen molar-refractivity contribution in [1.82, 2.24) is 0 Å². The van der Waals surface area contributed by atoms with E-state index in [4.69, 9.17) is 0 Å². The van der Waals surface area contributed by atoms with Crippen molar-refractivity contribution in [2.75, 3.05) is 22.4 Å². The smallest absolute Gasteiger partial charge is 0.255 e. The molecule has 1 N–H and O–H groups in total. The van der Waals surface area contributed by atoms with Crippen LogP contribution in [0.2, 0.25) is 0 Å². The van der Waals surface area contributed by atoms with Gasteiger partial charge in [0, 0.05) is 17.8 Å². The standard InChI is InChI=1S/C21H26N2O3S/c1-3-4-6-16-8-11-19(12-9-16)22-21(24)18-10-13-20-17(15-18)7-5-14-23(20)27(2,25)26/h8-13,15H,3-7,14H2,1-2H3,(H,22,24). The molecule has 0 bridgehead atoms. The summed E-state index contributed by atoms with van der Waals surface area (Å²) in [6.45, 7) is 2.66. The van der Waals surface area contributed by atoms with Gasteiger partial charge in [-0.2, -0.15) is 0 Å². The van der Waals surface area contributed by atoms with Crippen LogP contribution in [-0.2, 0) is 22.9 Å². The first-order chi connectivity index (χ1) is 12.9. The van der Waals surface area contributed by atoms with Gasteiger partial charge in [0.05, 0.1) is 11.9 Å². The van der Waals surface area contributed by atoms with Crippen LogP contribution in [0.4, 0.5) is 11.4 Å². The molecule has 2 aromatic carbocycles. The van der Waals surface area contributed by atoms with Gasteiger partial charge in [-0.15, -0.1) is 0 Å². The van der Waals surface area contributed by atoms with Crippen molar-refractivity contribution in [3.05, 3.63) is 59.2 Å². The number of anilines is 2. The van der Waals surface area contributed by atoms with Crippen LogP contribution in [0.15, 0.2) is 42.5 Å². The van der Waals surface area contributed by atoms with Gasteiger partial charge in [-0.25, -0.2) is 8.42 Å². The highest BCUT2D eigenvalue weighted by atomic mass is 32.2. The number of nitrogens with zero attached hydrogens (tertiary/aromatic N) is 1. The molecule has 6 heteroatoms. The summed E-state index contributed by atoms with van der Waals surface area (Å²) in [5, 5.41) is 2.92. The summed E-state index contributed by atoms with van der Waals surface area (Å²) in [7, 11) is -3.30. The Morgan fingerprint density at radius 3 is 2.56 bits per heavy atom.